The first kappa shape index (κ1) is 17.7. The Kier molecular flexibility index (Phi) is 4.95. The second-order valence-corrected chi connectivity index (χ2v) is 7.55. The molecule has 4 aromatic rings. The smallest absolute Gasteiger partial charge is 0.243 e. The Morgan fingerprint density at radius 3 is 2.89 bits per heavy atom. The minimum Gasteiger partial charge on any atom is -0.497 e. The normalized spacial score (nSPS) is 10.9. The summed E-state index contributed by atoms with van der Waals surface area (Å²) in [5.41, 5.74) is 2.22. The van der Waals surface area contributed by atoms with E-state index in [0.29, 0.717) is 22.7 Å². The minimum absolute atomic E-state index is 0.321. The monoisotopic (exact) mass is 445 g/mol. The summed E-state index contributed by atoms with van der Waals surface area (Å²) in [6, 6.07) is 10.2. The third kappa shape index (κ3) is 3.88. The van der Waals surface area contributed by atoms with Crippen molar-refractivity contribution in [1.82, 2.24) is 20.2 Å². The Bertz CT molecular complexity index is 1120. The number of nitrogens with zero attached hydrogens (tertiary/aromatic N) is 4. The van der Waals surface area contributed by atoms with E-state index in [4.69, 9.17) is 4.74 Å². The van der Waals surface area contributed by atoms with Gasteiger partial charge in [-0.05, 0) is 46.3 Å². The van der Waals surface area contributed by atoms with Crippen LogP contribution in [0.3, 0.4) is 0 Å². The third-order valence-corrected chi connectivity index (χ3v) is 5.50. The molecule has 0 aliphatic carbocycles. The molecule has 0 radical (unpaired) electrons. The summed E-state index contributed by atoms with van der Waals surface area (Å²) in [7, 11) is 1.63. The summed E-state index contributed by atoms with van der Waals surface area (Å²) < 4.78 is 20.2. The molecular formula is C18H13BrFN5OS. The number of rotatable bonds is 5. The lowest BCUT2D eigenvalue weighted by Crippen LogP contribution is -2.05. The van der Waals surface area contributed by atoms with E-state index in [-0.39, 0.29) is 5.82 Å². The number of hydrogen-bond donors (Lipinski definition) is 1. The van der Waals surface area contributed by atoms with Crippen molar-refractivity contribution in [1.29, 1.82) is 0 Å². The Morgan fingerprint density at radius 2 is 2.07 bits per heavy atom. The van der Waals surface area contributed by atoms with Crippen molar-refractivity contribution in [3.63, 3.8) is 0 Å². The van der Waals surface area contributed by atoms with Crippen LogP contribution in [0.4, 0.5) is 10.3 Å². The van der Waals surface area contributed by atoms with Gasteiger partial charge in [-0.1, -0.05) is 0 Å². The summed E-state index contributed by atoms with van der Waals surface area (Å²) in [6.07, 6.45) is 1.53. The third-order valence-electron chi connectivity index (χ3n) is 3.80. The molecule has 0 amide bonds. The van der Waals surface area contributed by atoms with Gasteiger partial charge in [0.2, 0.25) is 5.95 Å². The fraction of sp³-hybridized carbons (Fsp3) is 0.111. The topological polar surface area (TPSA) is 72.8 Å². The summed E-state index contributed by atoms with van der Waals surface area (Å²) >= 11 is 4.93. The second-order valence-electron chi connectivity index (χ2n) is 5.58. The average Bonchev–Trinajstić information content (AvgIpc) is 3.08. The van der Waals surface area contributed by atoms with Crippen LogP contribution in [0.2, 0.25) is 0 Å². The molecule has 0 atom stereocenters. The van der Waals surface area contributed by atoms with Gasteiger partial charge in [-0.3, -0.25) is 0 Å². The van der Waals surface area contributed by atoms with Crippen molar-refractivity contribution in [2.75, 3.05) is 12.4 Å². The molecule has 4 rings (SSSR count). The van der Waals surface area contributed by atoms with Gasteiger partial charge in [-0.25, -0.2) is 14.4 Å². The van der Waals surface area contributed by atoms with E-state index in [1.165, 1.54) is 18.3 Å². The molecular weight excluding hydrogens is 433 g/mol. The van der Waals surface area contributed by atoms with Gasteiger partial charge in [0, 0.05) is 16.1 Å². The van der Waals surface area contributed by atoms with Crippen molar-refractivity contribution in [3.05, 3.63) is 57.9 Å². The zero-order valence-corrected chi connectivity index (χ0v) is 16.5. The predicted octanol–water partition coefficient (Wildman–Crippen LogP) is 4.67. The van der Waals surface area contributed by atoms with Crippen molar-refractivity contribution in [3.8, 4) is 17.0 Å². The first-order valence-corrected chi connectivity index (χ1v) is 9.56. The van der Waals surface area contributed by atoms with Gasteiger partial charge in [-0.15, -0.1) is 16.4 Å². The summed E-state index contributed by atoms with van der Waals surface area (Å²) in [4.78, 5) is 9.04. The van der Waals surface area contributed by atoms with E-state index >= 15 is 0 Å². The molecule has 9 heteroatoms. The van der Waals surface area contributed by atoms with Crippen LogP contribution in [0.15, 0.2) is 47.1 Å². The van der Waals surface area contributed by atoms with E-state index in [9.17, 15) is 4.39 Å². The molecule has 2 aromatic heterocycles. The molecule has 0 bridgehead atoms. The van der Waals surface area contributed by atoms with Crippen LogP contribution in [-0.4, -0.2) is 27.3 Å². The van der Waals surface area contributed by atoms with Gasteiger partial charge in [0.1, 0.15) is 16.6 Å². The summed E-state index contributed by atoms with van der Waals surface area (Å²) in [6.45, 7) is 0.470. The van der Waals surface area contributed by atoms with E-state index < -0.39 is 0 Å². The second kappa shape index (κ2) is 7.53. The molecule has 0 spiro atoms. The van der Waals surface area contributed by atoms with Crippen LogP contribution in [0, 0.1) is 5.82 Å². The first-order valence-electron chi connectivity index (χ1n) is 7.95. The number of ether oxygens (including phenoxy) is 1. The van der Waals surface area contributed by atoms with Crippen LogP contribution < -0.4 is 10.1 Å². The minimum atomic E-state index is -0.321. The predicted molar refractivity (Wildman–Crippen MR) is 106 cm³/mol. The van der Waals surface area contributed by atoms with Gasteiger partial charge >= 0.3 is 0 Å². The first-order chi connectivity index (χ1) is 13.1. The lowest BCUT2D eigenvalue weighted by Gasteiger charge is -2.06. The van der Waals surface area contributed by atoms with E-state index in [2.05, 4.69) is 41.4 Å². The van der Waals surface area contributed by atoms with Gasteiger partial charge in [0.05, 0.1) is 35.8 Å². The van der Waals surface area contributed by atoms with Crippen LogP contribution in [-0.2, 0) is 6.54 Å². The highest BCUT2D eigenvalue weighted by atomic mass is 79.9. The van der Waals surface area contributed by atoms with Gasteiger partial charge in [0.15, 0.2) is 0 Å². The maximum atomic E-state index is 13.3. The number of benzene rings is 2. The average molecular weight is 446 g/mol. The largest absolute Gasteiger partial charge is 0.497 e. The molecule has 27 heavy (non-hydrogen) atoms. The SMILES string of the molecule is COc1ccc2sc(CNc3nncc(-c4ccc(F)cc4Br)n3)nc2c1. The molecule has 0 fully saturated rings. The fourth-order valence-corrected chi connectivity index (χ4v) is 3.96. The molecule has 0 aliphatic rings. The Hall–Kier alpha value is -2.65. The van der Waals surface area contributed by atoms with Crippen LogP contribution in [0.5, 0.6) is 5.75 Å². The zero-order valence-electron chi connectivity index (χ0n) is 14.1. The molecule has 0 saturated carbocycles. The maximum absolute atomic E-state index is 13.3. The van der Waals surface area contributed by atoms with Gasteiger partial charge in [-0.2, -0.15) is 5.10 Å². The van der Waals surface area contributed by atoms with Crippen molar-refractivity contribution in [2.24, 2.45) is 0 Å². The summed E-state index contributed by atoms with van der Waals surface area (Å²) in [5, 5.41) is 12.0. The lowest BCUT2D eigenvalue weighted by molar-refractivity contribution is 0.415. The fourth-order valence-electron chi connectivity index (χ4n) is 2.52. The molecule has 1 N–H and O–H groups in total. The highest BCUT2D eigenvalue weighted by Gasteiger charge is 2.10. The van der Waals surface area contributed by atoms with Gasteiger partial charge in [0.25, 0.3) is 0 Å². The molecule has 6 nitrogen and oxygen atoms in total. The lowest BCUT2D eigenvalue weighted by atomic mass is 10.2. The van der Waals surface area contributed by atoms with Crippen molar-refractivity contribution in [2.45, 2.75) is 6.54 Å². The number of hydrogen-bond acceptors (Lipinski definition) is 7. The Morgan fingerprint density at radius 1 is 1.19 bits per heavy atom. The number of aromatic nitrogens is 4. The van der Waals surface area contributed by atoms with E-state index in [1.807, 2.05) is 18.2 Å². The molecule has 2 heterocycles. The van der Waals surface area contributed by atoms with E-state index in [1.54, 1.807) is 24.5 Å². The number of anilines is 1. The number of thiazole rings is 1. The van der Waals surface area contributed by atoms with Gasteiger partial charge < -0.3 is 10.1 Å². The number of nitrogens with one attached hydrogen (secondary N) is 1. The van der Waals surface area contributed by atoms with Crippen LogP contribution in [0.25, 0.3) is 21.5 Å². The quantitative estimate of drug-likeness (QED) is 0.481. The number of fused-ring (bicyclic) bond motifs is 1. The maximum Gasteiger partial charge on any atom is 0.243 e. The molecule has 0 aliphatic heterocycles. The van der Waals surface area contributed by atoms with E-state index in [0.717, 1.165) is 26.5 Å². The van der Waals surface area contributed by atoms with Crippen molar-refractivity contribution >= 4 is 43.4 Å². The van der Waals surface area contributed by atoms with Crippen molar-refractivity contribution < 1.29 is 9.13 Å². The number of methoxy groups -OCH3 is 1. The summed E-state index contributed by atoms with van der Waals surface area (Å²) in [5.74, 6) is 0.830. The zero-order chi connectivity index (χ0) is 18.8. The molecule has 0 saturated heterocycles. The Labute approximate surface area is 166 Å². The molecule has 136 valence electrons. The Balaban J connectivity index is 1.53. The molecule has 2 aromatic carbocycles. The van der Waals surface area contributed by atoms with Crippen LogP contribution >= 0.6 is 27.3 Å². The van der Waals surface area contributed by atoms with Crippen LogP contribution in [0.1, 0.15) is 5.01 Å². The molecule has 0 unspecified atom stereocenters. The highest BCUT2D eigenvalue weighted by Crippen LogP contribution is 2.28. The number of halogens is 2. The standard InChI is InChI=1S/C18H13BrFN5OS/c1-26-11-3-5-16-14(7-11)23-17(27-16)9-21-18-24-15(8-22-25-18)12-4-2-10(20)6-13(12)19/h2-8H,9H2,1H3,(H,21,24,25). The highest BCUT2D eigenvalue weighted by molar-refractivity contribution is 9.10.